The smallest absolute Gasteiger partial charge is 0.209 e. The number of aromatic nitrogens is 4. The molecule has 0 amide bonds. The van der Waals surface area contributed by atoms with Crippen LogP contribution < -0.4 is 5.32 Å². The Hall–Kier alpha value is -10.2. The van der Waals surface area contributed by atoms with Crippen LogP contribution in [-0.4, -0.2) is 24.2 Å². The van der Waals surface area contributed by atoms with E-state index in [4.69, 9.17) is 4.99 Å². The minimum Gasteiger partial charge on any atom is -0.345 e. The standard InChI is InChI=1S/C70H46N6/c1-3-18-45(19-4-1)60-44-61(48-20-17-23-50(40-48)74-65-32-15-10-28-56(65)59-43-51(36-39-68(59)74)75-62-29-12-7-24-52(62)53-25-8-13-30-63(53)75)72-70(71-60)76-66-33-16-11-27-55(66)58-42-47(35-38-69(58)76)46-34-37-67-57(41-46)54-26-9-14-31-64(54)73(67)49-21-5-2-6-22-49/h1-44,61H,(H,71,72). The number of benzene rings is 11. The molecule has 1 aliphatic rings. The van der Waals surface area contributed by atoms with E-state index in [1.54, 1.807) is 0 Å². The molecular weight excluding hydrogens is 925 g/mol. The van der Waals surface area contributed by atoms with Crippen LogP contribution in [0, 0.1) is 0 Å². The predicted octanol–water partition coefficient (Wildman–Crippen LogP) is 17.3. The van der Waals surface area contributed by atoms with Gasteiger partial charge in [0.05, 0.1) is 55.9 Å². The maximum absolute atomic E-state index is 5.48. The second-order valence-electron chi connectivity index (χ2n) is 20.0. The molecular formula is C70H46N6. The summed E-state index contributed by atoms with van der Waals surface area (Å²) in [7, 11) is 0. The normalized spacial score (nSPS) is 13.9. The van der Waals surface area contributed by atoms with Crippen molar-refractivity contribution in [2.75, 3.05) is 0 Å². The van der Waals surface area contributed by atoms with Crippen LogP contribution in [0.15, 0.2) is 272 Å². The summed E-state index contributed by atoms with van der Waals surface area (Å²) in [6.07, 6.45) is 2.28. The minimum atomic E-state index is -0.196. The molecule has 76 heavy (non-hydrogen) atoms. The van der Waals surface area contributed by atoms with Crippen molar-refractivity contribution in [1.29, 1.82) is 0 Å². The van der Waals surface area contributed by atoms with E-state index in [-0.39, 0.29) is 6.04 Å². The summed E-state index contributed by atoms with van der Waals surface area (Å²) < 4.78 is 9.52. The second-order valence-corrected chi connectivity index (χ2v) is 20.0. The minimum absolute atomic E-state index is 0.196. The van der Waals surface area contributed by atoms with Crippen LogP contribution in [0.25, 0.3) is 121 Å². The SMILES string of the molecule is C1=C(c2ccccc2)N=C(n2c3ccccc3c3cc(-c4ccc5c(c4)c4ccccc4n5-c4ccccc4)ccc32)NC1c1cccc(-n2c3ccccc3c3cc(-n4c5ccccc5c5ccccc54)ccc32)c1. The largest absolute Gasteiger partial charge is 0.345 e. The lowest BCUT2D eigenvalue weighted by atomic mass is 10.0. The van der Waals surface area contributed by atoms with E-state index in [1.807, 2.05) is 0 Å². The summed E-state index contributed by atoms with van der Waals surface area (Å²) >= 11 is 0. The van der Waals surface area contributed by atoms with Gasteiger partial charge in [-0.15, -0.1) is 0 Å². The van der Waals surface area contributed by atoms with Gasteiger partial charge in [0, 0.05) is 65.7 Å². The Morgan fingerprint density at radius 2 is 0.671 bits per heavy atom. The van der Waals surface area contributed by atoms with Crippen LogP contribution in [0.1, 0.15) is 17.2 Å². The van der Waals surface area contributed by atoms with Crippen LogP contribution in [-0.2, 0) is 0 Å². The van der Waals surface area contributed by atoms with Crippen molar-refractivity contribution in [2.24, 2.45) is 4.99 Å². The first-order chi connectivity index (χ1) is 37.7. The van der Waals surface area contributed by atoms with Crippen molar-refractivity contribution in [2.45, 2.75) is 6.04 Å². The fraction of sp³-hybridized carbons (Fsp3) is 0.0143. The summed E-state index contributed by atoms with van der Waals surface area (Å²) in [6.45, 7) is 0. The number of nitrogens with zero attached hydrogens (tertiary/aromatic N) is 5. The zero-order chi connectivity index (χ0) is 49.8. The zero-order valence-electron chi connectivity index (χ0n) is 41.2. The highest BCUT2D eigenvalue weighted by atomic mass is 15.2. The molecule has 5 heterocycles. The highest BCUT2D eigenvalue weighted by Crippen LogP contribution is 2.41. The van der Waals surface area contributed by atoms with Gasteiger partial charge in [0.25, 0.3) is 0 Å². The van der Waals surface area contributed by atoms with Gasteiger partial charge in [-0.25, -0.2) is 4.99 Å². The van der Waals surface area contributed by atoms with Crippen LogP contribution in [0.3, 0.4) is 0 Å². The van der Waals surface area contributed by atoms with Gasteiger partial charge in [0.2, 0.25) is 5.96 Å². The first-order valence-electron chi connectivity index (χ1n) is 26.1. The average molecular weight is 971 g/mol. The third kappa shape index (κ3) is 6.44. The molecule has 1 unspecified atom stereocenters. The van der Waals surface area contributed by atoms with E-state index in [0.717, 1.165) is 61.9 Å². The maximum atomic E-state index is 5.48. The molecule has 11 aromatic carbocycles. The van der Waals surface area contributed by atoms with E-state index in [1.165, 1.54) is 76.3 Å². The number of hydrogen-bond acceptors (Lipinski definition) is 2. The van der Waals surface area contributed by atoms with Crippen LogP contribution >= 0.6 is 0 Å². The van der Waals surface area contributed by atoms with Crippen molar-refractivity contribution in [3.8, 4) is 28.2 Å². The molecule has 356 valence electrons. The Morgan fingerprint density at radius 3 is 1.22 bits per heavy atom. The van der Waals surface area contributed by atoms with Crippen molar-refractivity contribution < 1.29 is 0 Å². The summed E-state index contributed by atoms with van der Waals surface area (Å²) in [5.41, 5.74) is 18.2. The number of para-hydroxylation sites is 6. The van der Waals surface area contributed by atoms with E-state index >= 15 is 0 Å². The third-order valence-electron chi connectivity index (χ3n) is 15.8. The van der Waals surface area contributed by atoms with Crippen LogP contribution in [0.5, 0.6) is 0 Å². The molecule has 0 bridgehead atoms. The lowest BCUT2D eigenvalue weighted by Gasteiger charge is -2.26. The number of rotatable bonds is 6. The second kappa shape index (κ2) is 16.7. The first-order valence-corrected chi connectivity index (χ1v) is 26.1. The van der Waals surface area contributed by atoms with Gasteiger partial charge in [-0.2, -0.15) is 0 Å². The van der Waals surface area contributed by atoms with Crippen molar-refractivity contribution in [1.82, 2.24) is 23.6 Å². The van der Waals surface area contributed by atoms with E-state index in [9.17, 15) is 0 Å². The number of hydrogen-bond donors (Lipinski definition) is 1. The quantitative estimate of drug-likeness (QED) is 0.177. The predicted molar refractivity (Wildman–Crippen MR) is 317 cm³/mol. The van der Waals surface area contributed by atoms with Gasteiger partial charge in [-0.3, -0.25) is 4.57 Å². The average Bonchev–Trinajstić information content (AvgIpc) is 4.23. The Balaban J connectivity index is 0.810. The lowest BCUT2D eigenvalue weighted by Crippen LogP contribution is -2.35. The summed E-state index contributed by atoms with van der Waals surface area (Å²) in [4.78, 5) is 5.48. The Labute approximate surface area is 437 Å². The van der Waals surface area contributed by atoms with E-state index in [0.29, 0.717) is 0 Å². The molecule has 6 nitrogen and oxygen atoms in total. The molecule has 6 heteroatoms. The van der Waals surface area contributed by atoms with Crippen LogP contribution in [0.2, 0.25) is 0 Å². The summed E-state index contributed by atoms with van der Waals surface area (Å²) in [6, 6.07) is 94.5. The molecule has 0 aliphatic carbocycles. The van der Waals surface area contributed by atoms with Gasteiger partial charge in [0.15, 0.2) is 0 Å². The molecule has 0 spiro atoms. The zero-order valence-corrected chi connectivity index (χ0v) is 41.2. The number of nitrogens with one attached hydrogen (secondary N) is 1. The van der Waals surface area contributed by atoms with Gasteiger partial charge < -0.3 is 19.0 Å². The highest BCUT2D eigenvalue weighted by Gasteiger charge is 2.25. The first kappa shape index (κ1) is 42.3. The molecule has 0 fully saturated rings. The van der Waals surface area contributed by atoms with Gasteiger partial charge in [0.1, 0.15) is 0 Å². The summed E-state index contributed by atoms with van der Waals surface area (Å²) in [5, 5.41) is 13.7. The fourth-order valence-corrected chi connectivity index (χ4v) is 12.4. The molecule has 16 rings (SSSR count). The lowest BCUT2D eigenvalue weighted by molar-refractivity contribution is 0.759. The van der Waals surface area contributed by atoms with Crippen LogP contribution in [0.4, 0.5) is 0 Å². The topological polar surface area (TPSA) is 44.1 Å². The van der Waals surface area contributed by atoms with Gasteiger partial charge in [-0.1, -0.05) is 164 Å². The maximum Gasteiger partial charge on any atom is 0.209 e. The molecule has 15 aromatic rings. The molecule has 1 N–H and O–H groups in total. The van der Waals surface area contributed by atoms with E-state index in [2.05, 4.69) is 291 Å². The number of fused-ring (bicyclic) bond motifs is 12. The number of aliphatic imine (C=N–C) groups is 1. The molecule has 0 saturated heterocycles. The molecule has 0 saturated carbocycles. The molecule has 1 atom stereocenters. The highest BCUT2D eigenvalue weighted by molar-refractivity contribution is 6.17. The Bertz CT molecular complexity index is 4860. The molecule has 0 radical (unpaired) electrons. The summed E-state index contributed by atoms with van der Waals surface area (Å²) in [5.74, 6) is 0.778. The fourth-order valence-electron chi connectivity index (χ4n) is 12.4. The molecule has 4 aromatic heterocycles. The monoisotopic (exact) mass is 970 g/mol. The third-order valence-corrected chi connectivity index (χ3v) is 15.8. The molecule has 1 aliphatic heterocycles. The van der Waals surface area contributed by atoms with Gasteiger partial charge >= 0.3 is 0 Å². The van der Waals surface area contributed by atoms with Crippen molar-refractivity contribution in [3.63, 3.8) is 0 Å². The Morgan fingerprint density at radius 1 is 0.276 bits per heavy atom. The van der Waals surface area contributed by atoms with Gasteiger partial charge in [-0.05, 0) is 120 Å². The van der Waals surface area contributed by atoms with E-state index < -0.39 is 0 Å². The Kier molecular flexibility index (Phi) is 9.30. The van der Waals surface area contributed by atoms with Crippen molar-refractivity contribution in [3.05, 3.63) is 278 Å². The van der Waals surface area contributed by atoms with Crippen molar-refractivity contribution >= 4 is 98.9 Å².